The number of rotatable bonds is 10. The van der Waals surface area contributed by atoms with Crippen molar-refractivity contribution in [3.05, 3.63) is 71.8 Å². The summed E-state index contributed by atoms with van der Waals surface area (Å²) in [5, 5.41) is 0. The highest BCUT2D eigenvalue weighted by Gasteiger charge is 2.05. The smallest absolute Gasteiger partial charge is 0.311 e. The van der Waals surface area contributed by atoms with E-state index in [4.69, 9.17) is 4.74 Å². The van der Waals surface area contributed by atoms with Crippen LogP contribution in [0.15, 0.2) is 60.7 Å². The highest BCUT2D eigenvalue weighted by Crippen LogP contribution is 2.15. The van der Waals surface area contributed by atoms with Crippen LogP contribution < -0.4 is 4.74 Å². The molecule has 0 amide bonds. The molecule has 0 bridgehead atoms. The maximum Gasteiger partial charge on any atom is 0.311 e. The summed E-state index contributed by atoms with van der Waals surface area (Å²) < 4.78 is 5.34. The Morgan fingerprint density at radius 1 is 0.885 bits per heavy atom. The van der Waals surface area contributed by atoms with Crippen molar-refractivity contribution in [1.29, 1.82) is 0 Å². The summed E-state index contributed by atoms with van der Waals surface area (Å²) in [5.41, 5.74) is 1.54. The number of allylic oxidation sites excluding steroid dienone is 1. The highest BCUT2D eigenvalue weighted by atomic mass is 16.5. The number of ketones is 1. The SMILES string of the molecule is CCCCCCCC(=O)Oc1ccc(C=CC(=O)c2ccccc2)cc1. The lowest BCUT2D eigenvalue weighted by molar-refractivity contribution is -0.134. The van der Waals surface area contributed by atoms with Crippen LogP contribution in [0, 0.1) is 0 Å². The van der Waals surface area contributed by atoms with Gasteiger partial charge in [-0.3, -0.25) is 9.59 Å². The van der Waals surface area contributed by atoms with Crippen LogP contribution in [0.5, 0.6) is 5.75 Å². The Morgan fingerprint density at radius 3 is 2.27 bits per heavy atom. The fourth-order valence-corrected chi connectivity index (χ4v) is 2.57. The van der Waals surface area contributed by atoms with Crippen LogP contribution in [-0.4, -0.2) is 11.8 Å². The van der Waals surface area contributed by atoms with Crippen molar-refractivity contribution >= 4 is 17.8 Å². The first-order valence-electron chi connectivity index (χ1n) is 9.27. The maximum atomic E-state index is 12.0. The van der Waals surface area contributed by atoms with Crippen LogP contribution in [0.25, 0.3) is 6.08 Å². The van der Waals surface area contributed by atoms with Gasteiger partial charge in [-0.2, -0.15) is 0 Å². The van der Waals surface area contributed by atoms with Crippen LogP contribution in [-0.2, 0) is 4.79 Å². The summed E-state index contributed by atoms with van der Waals surface area (Å²) in [6.45, 7) is 2.17. The second-order valence-corrected chi connectivity index (χ2v) is 6.27. The Labute approximate surface area is 155 Å². The minimum absolute atomic E-state index is 0.0378. The van der Waals surface area contributed by atoms with E-state index in [2.05, 4.69) is 6.92 Å². The fraction of sp³-hybridized carbons (Fsp3) is 0.304. The second kappa shape index (κ2) is 11.0. The number of ether oxygens (including phenoxy) is 1. The van der Waals surface area contributed by atoms with Crippen LogP contribution in [0.3, 0.4) is 0 Å². The van der Waals surface area contributed by atoms with Gasteiger partial charge in [0.15, 0.2) is 5.78 Å². The molecule has 0 heterocycles. The lowest BCUT2D eigenvalue weighted by Gasteiger charge is -2.04. The molecule has 0 atom stereocenters. The van der Waals surface area contributed by atoms with E-state index in [9.17, 15) is 9.59 Å². The summed E-state index contributed by atoms with van der Waals surface area (Å²) in [5.74, 6) is 0.309. The van der Waals surface area contributed by atoms with Gasteiger partial charge < -0.3 is 4.74 Å². The van der Waals surface area contributed by atoms with Gasteiger partial charge in [-0.05, 0) is 30.2 Å². The lowest BCUT2D eigenvalue weighted by Crippen LogP contribution is -2.07. The number of hydrogen-bond donors (Lipinski definition) is 0. The number of carbonyl (C=O) groups excluding carboxylic acids is 2. The Morgan fingerprint density at radius 2 is 1.58 bits per heavy atom. The second-order valence-electron chi connectivity index (χ2n) is 6.27. The van der Waals surface area contributed by atoms with Crippen molar-refractivity contribution < 1.29 is 14.3 Å². The summed E-state index contributed by atoms with van der Waals surface area (Å²) in [4.78, 5) is 23.9. The number of unbranched alkanes of at least 4 members (excludes halogenated alkanes) is 4. The number of benzene rings is 2. The van der Waals surface area contributed by atoms with Crippen LogP contribution in [0.4, 0.5) is 0 Å². The van der Waals surface area contributed by atoms with Gasteiger partial charge in [0.1, 0.15) is 5.75 Å². The summed E-state index contributed by atoms with van der Waals surface area (Å²) in [7, 11) is 0. The molecule has 3 nitrogen and oxygen atoms in total. The molecule has 0 radical (unpaired) electrons. The van der Waals surface area contributed by atoms with Crippen LogP contribution in [0.1, 0.15) is 61.4 Å². The predicted octanol–water partition coefficient (Wildman–Crippen LogP) is 5.85. The van der Waals surface area contributed by atoms with E-state index in [-0.39, 0.29) is 11.8 Å². The van der Waals surface area contributed by atoms with Crippen molar-refractivity contribution in [3.8, 4) is 5.75 Å². The standard InChI is InChI=1S/C23H26O3/c1-2-3-4-5-9-12-23(25)26-21-16-13-19(14-17-21)15-18-22(24)20-10-7-6-8-11-20/h6-8,10-11,13-18H,2-5,9,12H2,1H3. The number of carbonyl (C=O) groups is 2. The van der Waals surface area contributed by atoms with Gasteiger partial charge in [0.2, 0.25) is 0 Å². The average Bonchev–Trinajstić information content (AvgIpc) is 2.67. The first kappa shape index (κ1) is 19.6. The van der Waals surface area contributed by atoms with Crippen molar-refractivity contribution in [2.24, 2.45) is 0 Å². The first-order valence-corrected chi connectivity index (χ1v) is 9.27. The molecule has 0 aliphatic heterocycles. The largest absolute Gasteiger partial charge is 0.427 e. The van der Waals surface area contributed by atoms with Crippen molar-refractivity contribution in [1.82, 2.24) is 0 Å². The van der Waals surface area contributed by atoms with Gasteiger partial charge in [0, 0.05) is 12.0 Å². The molecular weight excluding hydrogens is 324 g/mol. The topological polar surface area (TPSA) is 43.4 Å². The molecule has 2 aromatic carbocycles. The minimum Gasteiger partial charge on any atom is -0.427 e. The Bertz CT molecular complexity index is 715. The zero-order valence-electron chi connectivity index (χ0n) is 15.3. The third-order valence-electron chi connectivity index (χ3n) is 4.08. The Kier molecular flexibility index (Phi) is 8.34. The van der Waals surface area contributed by atoms with E-state index < -0.39 is 0 Å². The van der Waals surface area contributed by atoms with Gasteiger partial charge in [-0.15, -0.1) is 0 Å². The van der Waals surface area contributed by atoms with E-state index in [0.29, 0.717) is 17.7 Å². The van der Waals surface area contributed by atoms with Gasteiger partial charge in [0.05, 0.1) is 0 Å². The molecule has 0 unspecified atom stereocenters. The molecular formula is C23H26O3. The Hall–Kier alpha value is -2.68. The quantitative estimate of drug-likeness (QED) is 0.177. The number of esters is 1. The molecule has 2 rings (SSSR count). The molecule has 0 spiro atoms. The van der Waals surface area contributed by atoms with Crippen LogP contribution in [0.2, 0.25) is 0 Å². The van der Waals surface area contributed by atoms with E-state index in [1.807, 2.05) is 30.3 Å². The zero-order valence-corrected chi connectivity index (χ0v) is 15.3. The average molecular weight is 350 g/mol. The number of hydrogen-bond acceptors (Lipinski definition) is 3. The van der Waals surface area contributed by atoms with Gasteiger partial charge in [-0.25, -0.2) is 0 Å². The molecule has 136 valence electrons. The van der Waals surface area contributed by atoms with Crippen LogP contribution >= 0.6 is 0 Å². The van der Waals surface area contributed by atoms with E-state index in [1.165, 1.54) is 19.3 Å². The molecule has 0 saturated heterocycles. The third kappa shape index (κ3) is 7.06. The molecule has 0 aliphatic rings. The molecule has 0 N–H and O–H groups in total. The monoisotopic (exact) mass is 350 g/mol. The lowest BCUT2D eigenvalue weighted by atomic mass is 10.1. The highest BCUT2D eigenvalue weighted by molar-refractivity contribution is 6.06. The molecule has 2 aromatic rings. The molecule has 0 aromatic heterocycles. The van der Waals surface area contributed by atoms with E-state index in [0.717, 1.165) is 18.4 Å². The van der Waals surface area contributed by atoms with Crippen molar-refractivity contribution in [3.63, 3.8) is 0 Å². The third-order valence-corrected chi connectivity index (χ3v) is 4.08. The zero-order chi connectivity index (χ0) is 18.6. The molecule has 0 fully saturated rings. The first-order chi connectivity index (χ1) is 12.7. The van der Waals surface area contributed by atoms with Gasteiger partial charge in [0.25, 0.3) is 0 Å². The molecule has 0 aliphatic carbocycles. The Balaban J connectivity index is 1.79. The fourth-order valence-electron chi connectivity index (χ4n) is 2.57. The summed E-state index contributed by atoms with van der Waals surface area (Å²) >= 11 is 0. The predicted molar refractivity (Wildman–Crippen MR) is 105 cm³/mol. The van der Waals surface area contributed by atoms with Gasteiger partial charge >= 0.3 is 5.97 Å². The molecule has 0 saturated carbocycles. The summed E-state index contributed by atoms with van der Waals surface area (Å²) in [6.07, 6.45) is 9.30. The van der Waals surface area contributed by atoms with E-state index >= 15 is 0 Å². The molecule has 26 heavy (non-hydrogen) atoms. The summed E-state index contributed by atoms with van der Waals surface area (Å²) in [6, 6.07) is 16.3. The van der Waals surface area contributed by atoms with Crippen molar-refractivity contribution in [2.75, 3.05) is 0 Å². The maximum absolute atomic E-state index is 12.0. The normalized spacial score (nSPS) is 10.8. The van der Waals surface area contributed by atoms with Crippen molar-refractivity contribution in [2.45, 2.75) is 45.4 Å². The minimum atomic E-state index is -0.191. The van der Waals surface area contributed by atoms with Gasteiger partial charge in [-0.1, -0.05) is 81.1 Å². The molecule has 3 heteroatoms. The van der Waals surface area contributed by atoms with E-state index in [1.54, 1.807) is 36.4 Å².